The third-order valence-electron chi connectivity index (χ3n) is 4.10. The molecule has 2 aromatic carbocycles. The van der Waals surface area contributed by atoms with Crippen molar-refractivity contribution in [2.24, 2.45) is 0 Å². The lowest BCUT2D eigenvalue weighted by Crippen LogP contribution is -2.36. The second kappa shape index (κ2) is 6.76. The van der Waals surface area contributed by atoms with Gasteiger partial charge in [-0.25, -0.2) is 8.42 Å². The van der Waals surface area contributed by atoms with E-state index in [1.165, 1.54) is 19.1 Å². The molecule has 1 amide bonds. The number of anilines is 2. The third-order valence-corrected chi connectivity index (χ3v) is 5.48. The van der Waals surface area contributed by atoms with Gasteiger partial charge in [0.15, 0.2) is 0 Å². The fourth-order valence-electron chi connectivity index (χ4n) is 2.72. The number of nitrogens with zero attached hydrogens (tertiary/aromatic N) is 1. The molecule has 0 unspecified atom stereocenters. The molecule has 6 nitrogen and oxygen atoms in total. The second-order valence-corrected chi connectivity index (χ2v) is 7.49. The molecule has 25 heavy (non-hydrogen) atoms. The highest BCUT2D eigenvalue weighted by Gasteiger charge is 2.24. The van der Waals surface area contributed by atoms with Gasteiger partial charge in [-0.15, -0.1) is 0 Å². The molecule has 1 N–H and O–H groups in total. The fourth-order valence-corrected chi connectivity index (χ4v) is 3.79. The van der Waals surface area contributed by atoms with Gasteiger partial charge in [-0.2, -0.15) is 0 Å². The zero-order chi connectivity index (χ0) is 18.0. The molecule has 7 heteroatoms. The number of hydrogen-bond acceptors (Lipinski definition) is 4. The summed E-state index contributed by atoms with van der Waals surface area (Å²) in [4.78, 5) is 13.3. The van der Waals surface area contributed by atoms with Gasteiger partial charge in [-0.1, -0.05) is 19.1 Å². The van der Waals surface area contributed by atoms with E-state index in [0.717, 1.165) is 12.0 Å². The molecule has 0 atom stereocenters. The average molecular weight is 360 g/mol. The quantitative estimate of drug-likeness (QED) is 0.910. The minimum Gasteiger partial charge on any atom is -0.489 e. The van der Waals surface area contributed by atoms with Gasteiger partial charge in [0, 0.05) is 18.7 Å². The Morgan fingerprint density at radius 1 is 1.20 bits per heavy atom. The molecular formula is C18H20N2O4S. The molecule has 2 aromatic rings. The van der Waals surface area contributed by atoms with Gasteiger partial charge in [0.1, 0.15) is 12.4 Å². The van der Waals surface area contributed by atoms with Crippen LogP contribution in [-0.4, -0.2) is 27.5 Å². The summed E-state index contributed by atoms with van der Waals surface area (Å²) in [5.41, 5.74) is 2.22. The minimum atomic E-state index is -3.74. The number of sulfonamides is 1. The maximum absolute atomic E-state index is 12.6. The number of hydrogen-bond donors (Lipinski definition) is 1. The lowest BCUT2D eigenvalue weighted by atomic mass is 10.2. The zero-order valence-corrected chi connectivity index (χ0v) is 15.0. The standard InChI is InChI=1S/C18H20N2O4S/c1-3-14-4-6-15(7-5-14)19-25(22,23)16-8-9-17-18(12-16)24-11-10-20(17)13(2)21/h4-9,12,19H,3,10-11H2,1-2H3. The van der Waals surface area contributed by atoms with E-state index in [4.69, 9.17) is 4.74 Å². The molecule has 0 saturated carbocycles. The van der Waals surface area contributed by atoms with Crippen molar-refractivity contribution < 1.29 is 17.9 Å². The summed E-state index contributed by atoms with van der Waals surface area (Å²) in [6.45, 7) is 4.30. The Hall–Kier alpha value is -2.54. The van der Waals surface area contributed by atoms with Crippen molar-refractivity contribution in [1.29, 1.82) is 0 Å². The van der Waals surface area contributed by atoms with Crippen molar-refractivity contribution in [2.45, 2.75) is 25.2 Å². The van der Waals surface area contributed by atoms with E-state index in [-0.39, 0.29) is 10.8 Å². The van der Waals surface area contributed by atoms with Gasteiger partial charge >= 0.3 is 0 Å². The maximum Gasteiger partial charge on any atom is 0.262 e. The van der Waals surface area contributed by atoms with Gasteiger partial charge < -0.3 is 9.64 Å². The van der Waals surface area contributed by atoms with Crippen LogP contribution >= 0.6 is 0 Å². The van der Waals surface area contributed by atoms with Gasteiger partial charge in [0.05, 0.1) is 17.1 Å². The van der Waals surface area contributed by atoms with Crippen LogP contribution in [0, 0.1) is 0 Å². The number of ether oxygens (including phenoxy) is 1. The van der Waals surface area contributed by atoms with Gasteiger partial charge in [-0.3, -0.25) is 9.52 Å². The summed E-state index contributed by atoms with van der Waals surface area (Å²) < 4.78 is 33.3. The molecule has 3 rings (SSSR count). The Labute approximate surface area is 147 Å². The van der Waals surface area contributed by atoms with E-state index < -0.39 is 10.0 Å². The first-order valence-corrected chi connectivity index (χ1v) is 9.56. The molecule has 0 aromatic heterocycles. The molecule has 132 valence electrons. The predicted octanol–water partition coefficient (Wildman–Crippen LogP) is 2.80. The van der Waals surface area contributed by atoms with E-state index in [0.29, 0.717) is 30.3 Å². The molecule has 0 aliphatic carbocycles. The average Bonchev–Trinajstić information content (AvgIpc) is 2.61. The highest BCUT2D eigenvalue weighted by Crippen LogP contribution is 2.34. The van der Waals surface area contributed by atoms with Gasteiger partial charge in [0.2, 0.25) is 5.91 Å². The SMILES string of the molecule is CCc1ccc(NS(=O)(=O)c2ccc3c(c2)OCCN3C(C)=O)cc1. The summed E-state index contributed by atoms with van der Waals surface area (Å²) in [5, 5.41) is 0. The highest BCUT2D eigenvalue weighted by molar-refractivity contribution is 7.92. The molecule has 0 saturated heterocycles. The normalized spacial score (nSPS) is 13.8. The van der Waals surface area contributed by atoms with E-state index in [1.807, 2.05) is 19.1 Å². The van der Waals surface area contributed by atoms with Crippen molar-refractivity contribution >= 4 is 27.3 Å². The lowest BCUT2D eigenvalue weighted by Gasteiger charge is -2.28. The largest absolute Gasteiger partial charge is 0.489 e. The number of rotatable bonds is 4. The van der Waals surface area contributed by atoms with Crippen LogP contribution in [0.1, 0.15) is 19.4 Å². The Kier molecular flexibility index (Phi) is 4.67. The predicted molar refractivity (Wildman–Crippen MR) is 96.6 cm³/mol. The number of benzene rings is 2. The number of carbonyl (C=O) groups is 1. The Bertz CT molecular complexity index is 892. The third kappa shape index (κ3) is 3.61. The van der Waals surface area contributed by atoms with Crippen LogP contribution in [0.2, 0.25) is 0 Å². The molecular weight excluding hydrogens is 340 g/mol. The van der Waals surface area contributed by atoms with Crippen molar-refractivity contribution in [2.75, 3.05) is 22.8 Å². The van der Waals surface area contributed by atoms with Crippen molar-refractivity contribution in [3.8, 4) is 5.75 Å². The zero-order valence-electron chi connectivity index (χ0n) is 14.2. The van der Waals surface area contributed by atoms with Crippen LogP contribution in [0.4, 0.5) is 11.4 Å². The van der Waals surface area contributed by atoms with Gasteiger partial charge in [0.25, 0.3) is 10.0 Å². The number of carbonyl (C=O) groups excluding carboxylic acids is 1. The summed E-state index contributed by atoms with van der Waals surface area (Å²) in [6, 6.07) is 11.8. The first-order chi connectivity index (χ1) is 11.9. The van der Waals surface area contributed by atoms with Crippen LogP contribution in [0.5, 0.6) is 5.75 Å². The minimum absolute atomic E-state index is 0.0937. The highest BCUT2D eigenvalue weighted by atomic mass is 32.2. The summed E-state index contributed by atoms with van der Waals surface area (Å²) in [7, 11) is -3.74. The summed E-state index contributed by atoms with van der Waals surface area (Å²) >= 11 is 0. The summed E-state index contributed by atoms with van der Waals surface area (Å²) in [5.74, 6) is 0.292. The smallest absolute Gasteiger partial charge is 0.262 e. The molecule has 1 aliphatic rings. The van der Waals surface area contributed by atoms with E-state index in [1.54, 1.807) is 23.1 Å². The molecule has 0 bridgehead atoms. The number of aryl methyl sites for hydroxylation is 1. The fraction of sp³-hybridized carbons (Fsp3) is 0.278. The van der Waals surface area contributed by atoms with Crippen molar-refractivity contribution in [1.82, 2.24) is 0 Å². The monoisotopic (exact) mass is 360 g/mol. The Morgan fingerprint density at radius 3 is 2.56 bits per heavy atom. The van der Waals surface area contributed by atoms with Crippen LogP contribution < -0.4 is 14.4 Å². The van der Waals surface area contributed by atoms with E-state index in [9.17, 15) is 13.2 Å². The number of amides is 1. The topological polar surface area (TPSA) is 75.7 Å². The van der Waals surface area contributed by atoms with E-state index >= 15 is 0 Å². The van der Waals surface area contributed by atoms with Crippen molar-refractivity contribution in [3.63, 3.8) is 0 Å². The van der Waals surface area contributed by atoms with Crippen LogP contribution in [-0.2, 0) is 21.2 Å². The molecule has 1 heterocycles. The van der Waals surface area contributed by atoms with Crippen LogP contribution in [0.25, 0.3) is 0 Å². The van der Waals surface area contributed by atoms with Crippen LogP contribution in [0.3, 0.4) is 0 Å². The molecule has 1 aliphatic heterocycles. The van der Waals surface area contributed by atoms with E-state index in [2.05, 4.69) is 4.72 Å². The van der Waals surface area contributed by atoms with Gasteiger partial charge in [-0.05, 0) is 36.2 Å². The molecule has 0 fully saturated rings. The second-order valence-electron chi connectivity index (χ2n) is 5.80. The molecule has 0 spiro atoms. The Morgan fingerprint density at radius 2 is 1.92 bits per heavy atom. The van der Waals surface area contributed by atoms with Crippen LogP contribution in [0.15, 0.2) is 47.4 Å². The number of nitrogens with one attached hydrogen (secondary N) is 1. The maximum atomic E-state index is 12.6. The van der Waals surface area contributed by atoms with Crippen molar-refractivity contribution in [3.05, 3.63) is 48.0 Å². The molecule has 0 radical (unpaired) electrons. The first kappa shape index (κ1) is 17.3. The first-order valence-electron chi connectivity index (χ1n) is 8.07. The Balaban J connectivity index is 1.88. The lowest BCUT2D eigenvalue weighted by molar-refractivity contribution is -0.116. The number of fused-ring (bicyclic) bond motifs is 1. The summed E-state index contributed by atoms with van der Waals surface area (Å²) in [6.07, 6.45) is 0.891.